The van der Waals surface area contributed by atoms with Gasteiger partial charge in [0, 0.05) is 6.07 Å². The van der Waals surface area contributed by atoms with Crippen LogP contribution >= 0.6 is 11.6 Å². The summed E-state index contributed by atoms with van der Waals surface area (Å²) in [5.41, 5.74) is -1.10. The van der Waals surface area contributed by atoms with Crippen LogP contribution in [0.1, 0.15) is 5.56 Å². The first-order chi connectivity index (χ1) is 9.20. The predicted molar refractivity (Wildman–Crippen MR) is 65.9 cm³/mol. The lowest BCUT2D eigenvalue weighted by Gasteiger charge is -2.11. The van der Waals surface area contributed by atoms with E-state index in [0.717, 1.165) is 6.07 Å². The molecule has 20 heavy (non-hydrogen) atoms. The van der Waals surface area contributed by atoms with Crippen LogP contribution in [0.3, 0.4) is 0 Å². The Labute approximate surface area is 116 Å². The van der Waals surface area contributed by atoms with Gasteiger partial charge < -0.3 is 0 Å². The second-order valence-electron chi connectivity index (χ2n) is 3.72. The van der Waals surface area contributed by atoms with E-state index in [0.29, 0.717) is 12.1 Å². The highest BCUT2D eigenvalue weighted by Gasteiger charge is 2.32. The summed E-state index contributed by atoms with van der Waals surface area (Å²) in [6, 6.07) is 3.36. The summed E-state index contributed by atoms with van der Waals surface area (Å²) in [5, 5.41) is 5.52. The molecule has 2 rings (SSSR count). The van der Waals surface area contributed by atoms with E-state index < -0.39 is 26.7 Å². The van der Waals surface area contributed by atoms with Crippen LogP contribution in [0.4, 0.5) is 19.0 Å². The van der Waals surface area contributed by atoms with E-state index in [1.807, 2.05) is 4.72 Å². The highest BCUT2D eigenvalue weighted by Crippen LogP contribution is 2.33. The zero-order valence-corrected chi connectivity index (χ0v) is 11.1. The number of halogens is 4. The third kappa shape index (κ3) is 3.05. The van der Waals surface area contributed by atoms with Crippen molar-refractivity contribution in [1.29, 1.82) is 0 Å². The van der Waals surface area contributed by atoms with Crippen LogP contribution in [0.2, 0.25) is 5.02 Å². The van der Waals surface area contributed by atoms with Crippen molar-refractivity contribution in [1.82, 2.24) is 10.2 Å². The van der Waals surface area contributed by atoms with Crippen LogP contribution in [0, 0.1) is 0 Å². The Morgan fingerprint density at radius 3 is 2.50 bits per heavy atom. The van der Waals surface area contributed by atoms with Gasteiger partial charge in [0.25, 0.3) is 10.0 Å². The molecule has 1 aromatic heterocycles. The zero-order chi connectivity index (χ0) is 15.0. The molecule has 0 aliphatic rings. The molecule has 0 saturated carbocycles. The fourth-order valence-corrected chi connectivity index (χ4v) is 2.94. The standard InChI is InChI=1S/C10H7ClF3N3O2S/c11-7-2-1-6(10(12,13)14)5-8(7)20(18,19)17-9-3-4-15-16-9/h1-5H,(H2,15,16,17). The molecular weight excluding hydrogens is 319 g/mol. The molecule has 0 spiro atoms. The van der Waals surface area contributed by atoms with Crippen LogP contribution < -0.4 is 4.72 Å². The van der Waals surface area contributed by atoms with Crippen molar-refractivity contribution in [3.8, 4) is 0 Å². The predicted octanol–water partition coefficient (Wildman–Crippen LogP) is 2.88. The topological polar surface area (TPSA) is 74.8 Å². The van der Waals surface area contributed by atoms with E-state index in [1.54, 1.807) is 0 Å². The molecule has 108 valence electrons. The number of H-pyrrole nitrogens is 1. The van der Waals surface area contributed by atoms with Crippen LogP contribution in [0.15, 0.2) is 35.4 Å². The molecule has 2 N–H and O–H groups in total. The van der Waals surface area contributed by atoms with Crippen molar-refractivity contribution in [2.24, 2.45) is 0 Å². The first-order valence-electron chi connectivity index (χ1n) is 5.09. The molecule has 0 aliphatic heterocycles. The maximum atomic E-state index is 12.6. The number of sulfonamides is 1. The molecule has 0 bridgehead atoms. The maximum Gasteiger partial charge on any atom is 0.416 e. The fourth-order valence-electron chi connectivity index (χ4n) is 1.40. The molecule has 2 aromatic rings. The van der Waals surface area contributed by atoms with Crippen molar-refractivity contribution in [2.75, 3.05) is 4.72 Å². The average Bonchev–Trinajstić information content (AvgIpc) is 2.79. The Balaban J connectivity index is 2.46. The number of alkyl halides is 3. The summed E-state index contributed by atoms with van der Waals surface area (Å²) in [6.07, 6.45) is -3.38. The number of aromatic amines is 1. The molecule has 10 heteroatoms. The van der Waals surface area contributed by atoms with E-state index in [9.17, 15) is 21.6 Å². The zero-order valence-electron chi connectivity index (χ0n) is 9.57. The lowest BCUT2D eigenvalue weighted by molar-refractivity contribution is -0.137. The SMILES string of the molecule is O=S(=O)(Nc1ccn[nH]1)c1cc(C(F)(F)F)ccc1Cl. The van der Waals surface area contributed by atoms with Gasteiger partial charge in [-0.15, -0.1) is 0 Å². The minimum atomic E-state index is -4.66. The Morgan fingerprint density at radius 2 is 1.95 bits per heavy atom. The molecule has 1 aromatic carbocycles. The second-order valence-corrected chi connectivity index (χ2v) is 5.78. The lowest BCUT2D eigenvalue weighted by Crippen LogP contribution is -2.15. The van der Waals surface area contributed by atoms with Gasteiger partial charge in [-0.25, -0.2) is 8.42 Å². The molecular formula is C10H7ClF3N3O2S. The van der Waals surface area contributed by atoms with Crippen molar-refractivity contribution < 1.29 is 21.6 Å². The van der Waals surface area contributed by atoms with E-state index in [4.69, 9.17) is 11.6 Å². The van der Waals surface area contributed by atoms with Gasteiger partial charge in [0.05, 0.1) is 16.8 Å². The van der Waals surface area contributed by atoms with Gasteiger partial charge in [0.1, 0.15) is 10.7 Å². The van der Waals surface area contributed by atoms with Crippen molar-refractivity contribution in [2.45, 2.75) is 11.1 Å². The molecule has 0 aliphatic carbocycles. The van der Waals surface area contributed by atoms with Crippen molar-refractivity contribution >= 4 is 27.4 Å². The van der Waals surface area contributed by atoms with Crippen molar-refractivity contribution in [3.63, 3.8) is 0 Å². The number of aromatic nitrogens is 2. The normalized spacial score (nSPS) is 12.4. The monoisotopic (exact) mass is 325 g/mol. The highest BCUT2D eigenvalue weighted by molar-refractivity contribution is 7.92. The van der Waals surface area contributed by atoms with E-state index >= 15 is 0 Å². The molecule has 0 atom stereocenters. The van der Waals surface area contributed by atoms with Gasteiger partial charge in [-0.05, 0) is 18.2 Å². The molecule has 5 nitrogen and oxygen atoms in total. The number of benzene rings is 1. The quantitative estimate of drug-likeness (QED) is 0.911. The minimum absolute atomic E-state index is 0.0125. The minimum Gasteiger partial charge on any atom is -0.264 e. The Kier molecular flexibility index (Phi) is 3.65. The molecule has 1 heterocycles. The number of anilines is 1. The third-order valence-electron chi connectivity index (χ3n) is 2.29. The molecule has 0 amide bonds. The summed E-state index contributed by atoms with van der Waals surface area (Å²) >= 11 is 5.66. The van der Waals surface area contributed by atoms with Crippen LogP contribution in [0.25, 0.3) is 0 Å². The molecule has 0 radical (unpaired) electrons. The lowest BCUT2D eigenvalue weighted by atomic mass is 10.2. The first kappa shape index (κ1) is 14.7. The average molecular weight is 326 g/mol. The number of rotatable bonds is 3. The number of nitrogens with zero attached hydrogens (tertiary/aromatic N) is 1. The summed E-state index contributed by atoms with van der Waals surface area (Å²) < 4.78 is 63.8. The van der Waals surface area contributed by atoms with Crippen LogP contribution in [-0.2, 0) is 16.2 Å². The third-order valence-corrected chi connectivity index (χ3v) is 4.14. The Hall–Kier alpha value is -1.74. The number of nitrogens with one attached hydrogen (secondary N) is 2. The van der Waals surface area contributed by atoms with E-state index in [2.05, 4.69) is 10.2 Å². The first-order valence-corrected chi connectivity index (χ1v) is 6.95. The van der Waals surface area contributed by atoms with Gasteiger partial charge in [-0.2, -0.15) is 18.3 Å². The molecule has 0 fully saturated rings. The summed E-state index contributed by atoms with van der Waals surface area (Å²) in [4.78, 5) is -0.663. The molecule has 0 unspecified atom stereocenters. The largest absolute Gasteiger partial charge is 0.416 e. The van der Waals surface area contributed by atoms with E-state index in [-0.39, 0.29) is 10.8 Å². The number of hydrogen-bond acceptors (Lipinski definition) is 3. The Morgan fingerprint density at radius 1 is 1.25 bits per heavy atom. The second kappa shape index (κ2) is 4.98. The highest BCUT2D eigenvalue weighted by atomic mass is 35.5. The summed E-state index contributed by atoms with van der Waals surface area (Å²) in [7, 11) is -4.25. The summed E-state index contributed by atoms with van der Waals surface area (Å²) in [5.74, 6) is 0.0125. The van der Waals surface area contributed by atoms with Gasteiger partial charge in [0.2, 0.25) is 0 Å². The van der Waals surface area contributed by atoms with Gasteiger partial charge in [-0.3, -0.25) is 9.82 Å². The van der Waals surface area contributed by atoms with Gasteiger partial charge >= 0.3 is 6.18 Å². The maximum absolute atomic E-state index is 12.6. The van der Waals surface area contributed by atoms with Gasteiger partial charge in [0.15, 0.2) is 0 Å². The number of hydrogen-bond donors (Lipinski definition) is 2. The Bertz CT molecular complexity index is 714. The van der Waals surface area contributed by atoms with Crippen molar-refractivity contribution in [3.05, 3.63) is 41.0 Å². The van der Waals surface area contributed by atoms with E-state index in [1.165, 1.54) is 12.3 Å². The van der Waals surface area contributed by atoms with Gasteiger partial charge in [-0.1, -0.05) is 11.6 Å². The smallest absolute Gasteiger partial charge is 0.264 e. The molecule has 0 saturated heterocycles. The fraction of sp³-hybridized carbons (Fsp3) is 0.100. The van der Waals surface area contributed by atoms with Crippen LogP contribution in [0.5, 0.6) is 0 Å². The summed E-state index contributed by atoms with van der Waals surface area (Å²) in [6.45, 7) is 0. The van der Waals surface area contributed by atoms with Crippen LogP contribution in [-0.4, -0.2) is 18.6 Å².